The summed E-state index contributed by atoms with van der Waals surface area (Å²) in [5.41, 5.74) is 1.53. The van der Waals surface area contributed by atoms with Crippen LogP contribution in [0.5, 0.6) is 0 Å². The molecule has 9 heavy (non-hydrogen) atoms. The van der Waals surface area contributed by atoms with Crippen molar-refractivity contribution in [2.75, 3.05) is 0 Å². The largest absolute Gasteiger partial charge is 0.357 e. The zero-order chi connectivity index (χ0) is 6.27. The minimum Gasteiger partial charge on any atom is -0.357 e. The second kappa shape index (κ2) is 1.63. The summed E-state index contributed by atoms with van der Waals surface area (Å²) < 4.78 is 2.12. The highest BCUT2D eigenvalue weighted by atomic mass is 14.9. The summed E-state index contributed by atoms with van der Waals surface area (Å²) >= 11 is 0. The molecule has 0 saturated heterocycles. The molecule has 1 aromatic rings. The lowest BCUT2D eigenvalue weighted by molar-refractivity contribution is 0.918. The Labute approximate surface area is 55.3 Å². The molecule has 48 valence electrons. The van der Waals surface area contributed by atoms with Gasteiger partial charge in [0.1, 0.15) is 0 Å². The Morgan fingerprint density at radius 3 is 2.78 bits per heavy atom. The highest BCUT2D eigenvalue weighted by Gasteiger charge is 2.23. The molecular formula is C8H11N. The molecule has 0 aromatic carbocycles. The van der Waals surface area contributed by atoms with Crippen LogP contribution in [-0.4, -0.2) is 4.57 Å². The van der Waals surface area contributed by atoms with Crippen LogP contribution < -0.4 is 0 Å². The molecule has 0 unspecified atom stereocenters. The van der Waals surface area contributed by atoms with Gasteiger partial charge < -0.3 is 4.57 Å². The number of rotatable bonds is 1. The van der Waals surface area contributed by atoms with Gasteiger partial charge in [0.2, 0.25) is 0 Å². The summed E-state index contributed by atoms with van der Waals surface area (Å²) in [5.74, 6) is 0.909. The minimum atomic E-state index is 0.909. The first-order valence-corrected chi connectivity index (χ1v) is 3.48. The quantitative estimate of drug-likeness (QED) is 0.534. The van der Waals surface area contributed by atoms with Crippen LogP contribution in [-0.2, 0) is 7.05 Å². The van der Waals surface area contributed by atoms with Crippen molar-refractivity contribution in [2.45, 2.75) is 18.8 Å². The Hall–Kier alpha value is -0.720. The number of aryl methyl sites for hydroxylation is 1. The molecule has 1 heterocycles. The topological polar surface area (TPSA) is 4.93 Å². The zero-order valence-electron chi connectivity index (χ0n) is 5.67. The van der Waals surface area contributed by atoms with Crippen LogP contribution in [0.15, 0.2) is 18.5 Å². The third-order valence-corrected chi connectivity index (χ3v) is 1.90. The fourth-order valence-electron chi connectivity index (χ4n) is 1.18. The summed E-state index contributed by atoms with van der Waals surface area (Å²) in [4.78, 5) is 0. The molecule has 1 fully saturated rings. The van der Waals surface area contributed by atoms with Gasteiger partial charge in [0, 0.05) is 19.4 Å². The molecule has 0 bridgehead atoms. The molecular weight excluding hydrogens is 110 g/mol. The second-order valence-corrected chi connectivity index (χ2v) is 2.88. The molecule has 1 nitrogen and oxygen atoms in total. The molecule has 1 aromatic heterocycles. The highest BCUT2D eigenvalue weighted by molar-refractivity contribution is 5.20. The van der Waals surface area contributed by atoms with Gasteiger partial charge in [-0.25, -0.2) is 0 Å². The number of hydrogen-bond acceptors (Lipinski definition) is 0. The lowest BCUT2D eigenvalue weighted by atomic mass is 10.2. The Morgan fingerprint density at radius 2 is 2.33 bits per heavy atom. The average Bonchev–Trinajstić information content (AvgIpc) is 2.58. The second-order valence-electron chi connectivity index (χ2n) is 2.88. The first-order chi connectivity index (χ1) is 4.36. The van der Waals surface area contributed by atoms with Gasteiger partial charge >= 0.3 is 0 Å². The van der Waals surface area contributed by atoms with Crippen molar-refractivity contribution in [1.82, 2.24) is 4.57 Å². The lowest BCUT2D eigenvalue weighted by Gasteiger charge is -1.86. The van der Waals surface area contributed by atoms with Gasteiger partial charge in [-0.05, 0) is 30.4 Å². The monoisotopic (exact) mass is 121 g/mol. The molecule has 1 heteroatoms. The van der Waals surface area contributed by atoms with Crippen LogP contribution in [0.2, 0.25) is 0 Å². The van der Waals surface area contributed by atoms with Crippen LogP contribution in [0.4, 0.5) is 0 Å². The van der Waals surface area contributed by atoms with Gasteiger partial charge in [0.05, 0.1) is 0 Å². The first-order valence-electron chi connectivity index (χ1n) is 3.48. The van der Waals surface area contributed by atoms with E-state index in [4.69, 9.17) is 0 Å². The third-order valence-electron chi connectivity index (χ3n) is 1.90. The van der Waals surface area contributed by atoms with E-state index in [1.165, 1.54) is 18.4 Å². The summed E-state index contributed by atoms with van der Waals surface area (Å²) in [5, 5.41) is 0. The van der Waals surface area contributed by atoms with Gasteiger partial charge in [-0.3, -0.25) is 0 Å². The van der Waals surface area contributed by atoms with E-state index in [9.17, 15) is 0 Å². The SMILES string of the molecule is Cn1ccc(C2CC2)c1. The van der Waals surface area contributed by atoms with Crippen molar-refractivity contribution in [3.8, 4) is 0 Å². The molecule has 0 amide bonds. The standard InChI is InChI=1S/C8H11N/c1-9-5-4-8(6-9)7-2-3-7/h4-7H,2-3H2,1H3. The fraction of sp³-hybridized carbons (Fsp3) is 0.500. The maximum atomic E-state index is 2.22. The Morgan fingerprint density at radius 1 is 1.56 bits per heavy atom. The van der Waals surface area contributed by atoms with Crippen LogP contribution in [0.1, 0.15) is 24.3 Å². The van der Waals surface area contributed by atoms with Crippen molar-refractivity contribution < 1.29 is 0 Å². The molecule has 0 radical (unpaired) electrons. The Balaban J connectivity index is 2.28. The first kappa shape index (κ1) is 5.10. The molecule has 1 aliphatic carbocycles. The van der Waals surface area contributed by atoms with Crippen LogP contribution in [0, 0.1) is 0 Å². The van der Waals surface area contributed by atoms with E-state index in [0.717, 1.165) is 5.92 Å². The summed E-state index contributed by atoms with van der Waals surface area (Å²) in [6.07, 6.45) is 7.15. The van der Waals surface area contributed by atoms with Crippen molar-refractivity contribution >= 4 is 0 Å². The van der Waals surface area contributed by atoms with E-state index >= 15 is 0 Å². The Kier molecular flexibility index (Phi) is 0.922. The number of aromatic nitrogens is 1. The predicted molar refractivity (Wildman–Crippen MR) is 37.4 cm³/mol. The van der Waals surface area contributed by atoms with Crippen molar-refractivity contribution in [3.05, 3.63) is 24.0 Å². The van der Waals surface area contributed by atoms with Gasteiger partial charge in [0.25, 0.3) is 0 Å². The molecule has 1 aliphatic rings. The normalized spacial score (nSPS) is 18.3. The number of nitrogens with zero attached hydrogens (tertiary/aromatic N) is 1. The third kappa shape index (κ3) is 0.869. The van der Waals surface area contributed by atoms with E-state index < -0.39 is 0 Å². The van der Waals surface area contributed by atoms with Crippen LogP contribution in [0.3, 0.4) is 0 Å². The molecule has 0 spiro atoms. The molecule has 0 atom stereocenters. The van der Waals surface area contributed by atoms with Gasteiger partial charge in [-0.2, -0.15) is 0 Å². The van der Waals surface area contributed by atoms with Crippen molar-refractivity contribution in [3.63, 3.8) is 0 Å². The average molecular weight is 121 g/mol. The van der Waals surface area contributed by atoms with E-state index in [-0.39, 0.29) is 0 Å². The smallest absolute Gasteiger partial charge is 0.0106 e. The Bertz CT molecular complexity index is 208. The van der Waals surface area contributed by atoms with Gasteiger partial charge in [0.15, 0.2) is 0 Å². The molecule has 0 N–H and O–H groups in total. The van der Waals surface area contributed by atoms with Gasteiger partial charge in [-0.1, -0.05) is 0 Å². The molecule has 0 aliphatic heterocycles. The zero-order valence-corrected chi connectivity index (χ0v) is 5.67. The predicted octanol–water partition coefficient (Wildman–Crippen LogP) is 1.90. The van der Waals surface area contributed by atoms with Crippen molar-refractivity contribution in [1.29, 1.82) is 0 Å². The minimum absolute atomic E-state index is 0.909. The maximum absolute atomic E-state index is 2.22. The molecule has 2 rings (SSSR count). The maximum Gasteiger partial charge on any atom is 0.0106 e. The van der Waals surface area contributed by atoms with Crippen LogP contribution in [0.25, 0.3) is 0 Å². The van der Waals surface area contributed by atoms with Gasteiger partial charge in [-0.15, -0.1) is 0 Å². The summed E-state index contributed by atoms with van der Waals surface area (Å²) in [7, 11) is 2.08. The fourth-order valence-corrected chi connectivity index (χ4v) is 1.18. The number of hydrogen-bond donors (Lipinski definition) is 0. The van der Waals surface area contributed by atoms with E-state index in [0.29, 0.717) is 0 Å². The van der Waals surface area contributed by atoms with Crippen molar-refractivity contribution in [2.24, 2.45) is 7.05 Å². The van der Waals surface area contributed by atoms with E-state index in [1.54, 1.807) is 0 Å². The van der Waals surface area contributed by atoms with E-state index in [1.807, 2.05) is 0 Å². The summed E-state index contributed by atoms with van der Waals surface area (Å²) in [6, 6.07) is 2.22. The summed E-state index contributed by atoms with van der Waals surface area (Å²) in [6.45, 7) is 0. The lowest BCUT2D eigenvalue weighted by Crippen LogP contribution is -1.78. The van der Waals surface area contributed by atoms with E-state index in [2.05, 4.69) is 30.1 Å². The highest BCUT2D eigenvalue weighted by Crippen LogP contribution is 2.39. The van der Waals surface area contributed by atoms with Crippen LogP contribution >= 0.6 is 0 Å². The molecule has 1 saturated carbocycles.